The summed E-state index contributed by atoms with van der Waals surface area (Å²) in [6.45, 7) is 3.55. The van der Waals surface area contributed by atoms with Crippen LogP contribution in [-0.2, 0) is 4.79 Å². The minimum absolute atomic E-state index is 0.0734. The highest BCUT2D eigenvalue weighted by molar-refractivity contribution is 5.76. The standard InChI is InChI=1S/C18H22N4O2/c1-13(16-11-22(20-19-16)15-7-3-2-4-8-15)21-10-14-6-5-9-18(14,12-21)17(23)24/h2-4,7-8,11,13-14H,5-6,9-10,12H2,1H3,(H,23,24)/t13?,14-,18+/m0/s1. The summed E-state index contributed by atoms with van der Waals surface area (Å²) in [6, 6.07) is 9.96. The van der Waals surface area contributed by atoms with Crippen LogP contribution < -0.4 is 0 Å². The summed E-state index contributed by atoms with van der Waals surface area (Å²) in [5.41, 5.74) is 1.31. The van der Waals surface area contributed by atoms with Crippen LogP contribution in [0.1, 0.15) is 37.9 Å². The zero-order valence-corrected chi connectivity index (χ0v) is 13.8. The Morgan fingerprint density at radius 1 is 1.38 bits per heavy atom. The molecule has 4 rings (SSSR count). The van der Waals surface area contributed by atoms with Crippen molar-refractivity contribution in [2.24, 2.45) is 11.3 Å². The van der Waals surface area contributed by atoms with Crippen LogP contribution in [0.2, 0.25) is 0 Å². The third-order valence-electron chi connectivity index (χ3n) is 5.83. The number of likely N-dealkylation sites (tertiary alicyclic amines) is 1. The predicted octanol–water partition coefficient (Wildman–Crippen LogP) is 2.51. The number of hydrogen-bond donors (Lipinski definition) is 1. The second kappa shape index (κ2) is 5.70. The van der Waals surface area contributed by atoms with Gasteiger partial charge in [0.1, 0.15) is 0 Å². The first-order chi connectivity index (χ1) is 11.6. The Hall–Kier alpha value is -2.21. The summed E-state index contributed by atoms with van der Waals surface area (Å²) in [4.78, 5) is 14.1. The van der Waals surface area contributed by atoms with E-state index in [4.69, 9.17) is 0 Å². The maximum atomic E-state index is 11.8. The molecule has 1 unspecified atom stereocenters. The zero-order valence-electron chi connectivity index (χ0n) is 13.8. The topological polar surface area (TPSA) is 71.2 Å². The van der Waals surface area contributed by atoms with E-state index in [1.807, 2.05) is 36.5 Å². The molecule has 3 atom stereocenters. The normalized spacial score (nSPS) is 28.0. The number of fused-ring (bicyclic) bond motifs is 1. The van der Waals surface area contributed by atoms with Gasteiger partial charge in [-0.1, -0.05) is 29.8 Å². The molecule has 0 spiro atoms. The third-order valence-corrected chi connectivity index (χ3v) is 5.83. The third kappa shape index (κ3) is 2.33. The summed E-state index contributed by atoms with van der Waals surface area (Å²) >= 11 is 0. The Morgan fingerprint density at radius 3 is 2.88 bits per heavy atom. The van der Waals surface area contributed by atoms with Gasteiger partial charge in [-0.05, 0) is 37.8 Å². The molecule has 1 N–H and O–H groups in total. The van der Waals surface area contributed by atoms with Gasteiger partial charge in [0.25, 0.3) is 0 Å². The molecule has 2 fully saturated rings. The van der Waals surface area contributed by atoms with Crippen LogP contribution in [0.5, 0.6) is 0 Å². The minimum Gasteiger partial charge on any atom is -0.481 e. The number of nitrogens with zero attached hydrogens (tertiary/aromatic N) is 4. The molecule has 1 aromatic heterocycles. The fraction of sp³-hybridized carbons (Fsp3) is 0.500. The van der Waals surface area contributed by atoms with Crippen LogP contribution in [-0.4, -0.2) is 44.1 Å². The Balaban J connectivity index is 1.54. The molecule has 1 aliphatic carbocycles. The van der Waals surface area contributed by atoms with Gasteiger partial charge in [-0.25, -0.2) is 4.68 Å². The fourth-order valence-electron chi connectivity index (χ4n) is 4.33. The average molecular weight is 326 g/mol. The van der Waals surface area contributed by atoms with Crippen molar-refractivity contribution in [2.45, 2.75) is 32.2 Å². The minimum atomic E-state index is -0.632. The van der Waals surface area contributed by atoms with E-state index in [2.05, 4.69) is 22.1 Å². The zero-order chi connectivity index (χ0) is 16.7. The van der Waals surface area contributed by atoms with Crippen LogP contribution in [0.15, 0.2) is 36.5 Å². The number of aliphatic carboxylic acids is 1. The van der Waals surface area contributed by atoms with Gasteiger partial charge in [0.2, 0.25) is 0 Å². The molecule has 1 aromatic carbocycles. The summed E-state index contributed by atoms with van der Waals surface area (Å²) in [5.74, 6) is -0.366. The van der Waals surface area contributed by atoms with Gasteiger partial charge >= 0.3 is 5.97 Å². The number of rotatable bonds is 4. The molecule has 2 aromatic rings. The molecule has 6 nitrogen and oxygen atoms in total. The largest absolute Gasteiger partial charge is 0.481 e. The van der Waals surface area contributed by atoms with Crippen molar-refractivity contribution in [2.75, 3.05) is 13.1 Å². The van der Waals surface area contributed by atoms with Crippen molar-refractivity contribution >= 4 is 5.97 Å². The van der Waals surface area contributed by atoms with Gasteiger partial charge in [-0.15, -0.1) is 5.10 Å². The molecular weight excluding hydrogens is 304 g/mol. The van der Waals surface area contributed by atoms with Crippen LogP contribution >= 0.6 is 0 Å². The van der Waals surface area contributed by atoms with Gasteiger partial charge in [-0.3, -0.25) is 9.69 Å². The first-order valence-electron chi connectivity index (χ1n) is 8.55. The Morgan fingerprint density at radius 2 is 2.17 bits per heavy atom. The highest BCUT2D eigenvalue weighted by Crippen LogP contribution is 2.50. The quantitative estimate of drug-likeness (QED) is 0.935. The molecule has 6 heteroatoms. The predicted molar refractivity (Wildman–Crippen MR) is 88.8 cm³/mol. The van der Waals surface area contributed by atoms with Crippen LogP contribution in [0.3, 0.4) is 0 Å². The molecule has 126 valence electrons. The lowest BCUT2D eigenvalue weighted by atomic mass is 9.81. The Labute approximate surface area is 141 Å². The highest BCUT2D eigenvalue weighted by Gasteiger charge is 2.55. The summed E-state index contributed by atoms with van der Waals surface area (Å²) in [5, 5.41) is 18.3. The highest BCUT2D eigenvalue weighted by atomic mass is 16.4. The second-order valence-corrected chi connectivity index (χ2v) is 7.08. The van der Waals surface area contributed by atoms with Crippen molar-refractivity contribution in [1.29, 1.82) is 0 Å². The smallest absolute Gasteiger partial charge is 0.311 e. The lowest BCUT2D eigenvalue weighted by Crippen LogP contribution is -2.36. The number of hydrogen-bond acceptors (Lipinski definition) is 4. The number of benzene rings is 1. The van der Waals surface area contributed by atoms with Gasteiger partial charge < -0.3 is 5.11 Å². The van der Waals surface area contributed by atoms with Crippen LogP contribution in [0.4, 0.5) is 0 Å². The molecule has 0 bridgehead atoms. The number of carbonyl (C=O) groups is 1. The van der Waals surface area contributed by atoms with E-state index in [9.17, 15) is 9.90 Å². The summed E-state index contributed by atoms with van der Waals surface area (Å²) < 4.78 is 1.77. The first kappa shape index (κ1) is 15.3. The van der Waals surface area contributed by atoms with E-state index < -0.39 is 11.4 Å². The molecule has 1 saturated carbocycles. The van der Waals surface area contributed by atoms with Crippen molar-refractivity contribution in [3.8, 4) is 5.69 Å². The molecule has 24 heavy (non-hydrogen) atoms. The van der Waals surface area contributed by atoms with E-state index in [1.165, 1.54) is 0 Å². The molecule has 2 heterocycles. The summed E-state index contributed by atoms with van der Waals surface area (Å²) in [7, 11) is 0. The van der Waals surface area contributed by atoms with Gasteiger partial charge in [-0.2, -0.15) is 0 Å². The first-order valence-corrected chi connectivity index (χ1v) is 8.55. The number of carboxylic acid groups (broad SMARTS) is 1. The SMILES string of the molecule is CC(c1cn(-c2ccccc2)nn1)N1C[C@@H]2CCC[C@@]2(C(=O)O)C1. The monoisotopic (exact) mass is 326 g/mol. The molecule has 1 aliphatic heterocycles. The maximum absolute atomic E-state index is 11.8. The lowest BCUT2D eigenvalue weighted by molar-refractivity contribution is -0.149. The molecular formula is C18H22N4O2. The van der Waals surface area contributed by atoms with Crippen LogP contribution in [0.25, 0.3) is 5.69 Å². The van der Waals surface area contributed by atoms with E-state index in [0.717, 1.165) is 37.2 Å². The fourth-order valence-corrected chi connectivity index (χ4v) is 4.33. The second-order valence-electron chi connectivity index (χ2n) is 7.08. The lowest BCUT2D eigenvalue weighted by Gasteiger charge is -2.26. The van der Waals surface area contributed by atoms with E-state index >= 15 is 0 Å². The van der Waals surface area contributed by atoms with Crippen molar-refractivity contribution in [3.05, 3.63) is 42.2 Å². The van der Waals surface area contributed by atoms with Gasteiger partial charge in [0.15, 0.2) is 0 Å². The maximum Gasteiger partial charge on any atom is 0.311 e. The van der Waals surface area contributed by atoms with Gasteiger partial charge in [0.05, 0.1) is 29.0 Å². The van der Waals surface area contributed by atoms with E-state index in [-0.39, 0.29) is 12.0 Å². The van der Waals surface area contributed by atoms with Crippen LogP contribution in [0, 0.1) is 11.3 Å². The average Bonchev–Trinajstić information content (AvgIpc) is 3.29. The Kier molecular flexibility index (Phi) is 3.64. The number of carboxylic acids is 1. The van der Waals surface area contributed by atoms with Crippen molar-refractivity contribution < 1.29 is 9.90 Å². The van der Waals surface area contributed by atoms with Gasteiger partial charge in [0, 0.05) is 13.1 Å². The summed E-state index contributed by atoms with van der Waals surface area (Å²) in [6.07, 6.45) is 4.80. The molecule has 2 aliphatic rings. The van der Waals surface area contributed by atoms with E-state index in [1.54, 1.807) is 4.68 Å². The van der Waals surface area contributed by atoms with E-state index in [0.29, 0.717) is 6.54 Å². The number of aromatic nitrogens is 3. The van der Waals surface area contributed by atoms with Crippen molar-refractivity contribution in [1.82, 2.24) is 19.9 Å². The Bertz CT molecular complexity index is 744. The molecule has 0 amide bonds. The number of para-hydroxylation sites is 1. The van der Waals surface area contributed by atoms with Crippen molar-refractivity contribution in [3.63, 3.8) is 0 Å². The molecule has 1 saturated heterocycles. The molecule has 0 radical (unpaired) electrons.